The van der Waals surface area contributed by atoms with E-state index in [-0.39, 0.29) is 146 Å². The number of carbonyl (C=O) groups excluding carboxylic acids is 6. The van der Waals surface area contributed by atoms with E-state index in [9.17, 15) is 43.8 Å². The van der Waals surface area contributed by atoms with Crippen molar-refractivity contribution in [3.8, 4) is 45.5 Å². The number of aliphatic hydroxyl groups excluding tert-OH is 2. The molecule has 0 aromatic carbocycles. The molecule has 1 saturated heterocycles. The van der Waals surface area contributed by atoms with E-state index in [1.807, 2.05) is 141 Å². The first-order valence-corrected chi connectivity index (χ1v) is 50.3. The van der Waals surface area contributed by atoms with Crippen LogP contribution in [0.2, 0.25) is 0 Å². The van der Waals surface area contributed by atoms with Crippen LogP contribution in [-0.4, -0.2) is 234 Å². The van der Waals surface area contributed by atoms with Gasteiger partial charge in [0.25, 0.3) is 0 Å². The number of hydrogen-bond acceptors (Lipinski definition) is 28. The van der Waals surface area contributed by atoms with Crippen molar-refractivity contribution in [2.45, 2.75) is 341 Å². The second-order valence-electron chi connectivity index (χ2n) is 38.4. The Labute approximate surface area is 829 Å². The van der Waals surface area contributed by atoms with E-state index < -0.39 is 24.3 Å². The molecule has 0 unspecified atom stereocenters. The molecule has 0 radical (unpaired) electrons. The molecule has 760 valence electrons. The average Bonchev–Trinajstić information content (AvgIpc) is 1.61. The van der Waals surface area contributed by atoms with Gasteiger partial charge in [0, 0.05) is 90.3 Å². The molecule has 138 heavy (non-hydrogen) atoms. The van der Waals surface area contributed by atoms with Crippen molar-refractivity contribution in [3.05, 3.63) is 118 Å². The molecule has 38 heteroatoms. The standard InChI is InChI=1S/C27H38N4O5.C24H32N4O5.C18H30BN3O4.C15H20BrNO3.C10H18O3.C5H4BrNO.CH4O/c1-18(2)35-26(32)19-8-7-11-21(14-19)36-22-12-13-24(28-15-22)23-16-29-31(4)25(23)17-34-27(33)30(3)20-9-5-6-10-20;1-27(17-7-3-4-8-17)24(31)32-15-22-20(14-26-28(22)2)21-11-10-19(13-25-21)33-18-9-5-6-16(12-18)23(29)30;1-17(2)18(3,4)26-19(25-17)14-11-20-22(6)15(14)12-24-16(23)21(5)13-9-7-8-10-13;1-10(2)19-15(18)11-4-3-5-12(8-11)20-13-6-7-14(16)17-9-13;1-7(2)13-10(12)8-4-3-5-9(11)6-8;6-5-2-1-4(8)3-7-5;1-2/h12-13,15-16,18-21H,5-11,14,17H2,1-4H3;10-11,13-14,16-18H,3-9,12,15H2,1-2H3,(H,29,30);11,13H,7-10,12H2,1-6H3;6-7,9-12H,3-5,8H2,1-2H3;7-9,11H,3-6H2,1-2H3;1-3,8H;2H,1H3/t19-,21-;16-,18-;;11-,12-;8-,9+;;/m00.00../s1. The summed E-state index contributed by atoms with van der Waals surface area (Å²) >= 11 is 6.42. The van der Waals surface area contributed by atoms with E-state index in [0.29, 0.717) is 42.9 Å². The number of halogens is 2. The predicted octanol–water partition coefficient (Wildman–Crippen LogP) is 17.5. The molecule has 7 aromatic heterocycles. The number of pyridine rings is 4. The first kappa shape index (κ1) is 112. The zero-order valence-electron chi connectivity index (χ0n) is 83.4. The quantitative estimate of drug-likeness (QED) is 0.0179. The first-order chi connectivity index (χ1) is 65.8. The molecule has 8 heterocycles. The summed E-state index contributed by atoms with van der Waals surface area (Å²) in [5.74, 6) is 0.505. The van der Waals surface area contributed by atoms with Crippen LogP contribution >= 0.6 is 31.9 Å². The number of aliphatic hydroxyl groups is 2. The van der Waals surface area contributed by atoms with Gasteiger partial charge in [-0.2, -0.15) is 15.3 Å². The third-order valence-corrected chi connectivity index (χ3v) is 27.4. The minimum absolute atomic E-state index is 0.0404. The highest BCUT2D eigenvalue weighted by molar-refractivity contribution is 9.10. The fourth-order valence-corrected chi connectivity index (χ4v) is 18.4. The molecule has 7 aromatic rings. The highest BCUT2D eigenvalue weighted by Crippen LogP contribution is 2.39. The molecule has 35 nitrogen and oxygen atoms in total. The fraction of sp³-hybridized carbons (Fsp3) is 0.640. The topological polar surface area (TPSA) is 417 Å². The highest BCUT2D eigenvalue weighted by Gasteiger charge is 2.53. The molecule has 0 bridgehead atoms. The lowest BCUT2D eigenvalue weighted by Gasteiger charge is -2.32. The Bertz CT molecular complexity index is 4890. The second kappa shape index (κ2) is 54.7. The number of ether oxygens (including phenoxy) is 9. The normalized spacial score (nSPS) is 21.1. The summed E-state index contributed by atoms with van der Waals surface area (Å²) in [5, 5.41) is 47.3. The van der Waals surface area contributed by atoms with Gasteiger partial charge in [-0.05, 0) is 284 Å². The summed E-state index contributed by atoms with van der Waals surface area (Å²) in [6, 6.07) is 15.2. The van der Waals surface area contributed by atoms with E-state index in [1.165, 1.54) is 19.0 Å². The maximum atomic E-state index is 12.5. The Kier molecular flexibility index (Phi) is 44.2. The van der Waals surface area contributed by atoms with Crippen molar-refractivity contribution >= 4 is 86.6 Å². The number of hydrogen-bond donors (Lipinski definition) is 4. The zero-order valence-corrected chi connectivity index (χ0v) is 86.6. The maximum Gasteiger partial charge on any atom is 0.498 e. The molecule has 3 amide bonds. The predicted molar refractivity (Wildman–Crippen MR) is 525 cm³/mol. The van der Waals surface area contributed by atoms with Gasteiger partial charge in [-0.25, -0.2) is 24.4 Å². The maximum absolute atomic E-state index is 12.5. The number of esters is 3. The Morgan fingerprint density at radius 3 is 1.09 bits per heavy atom. The molecule has 8 aliphatic rings. The largest absolute Gasteiger partial charge is 0.506 e. The van der Waals surface area contributed by atoms with Gasteiger partial charge < -0.3 is 87.1 Å². The number of carboxylic acid groups (broad SMARTS) is 1. The van der Waals surface area contributed by atoms with Gasteiger partial charge in [0.05, 0.1) is 143 Å². The Morgan fingerprint density at radius 1 is 0.428 bits per heavy atom. The van der Waals surface area contributed by atoms with Crippen LogP contribution in [0.25, 0.3) is 22.5 Å². The minimum atomic E-state index is -0.754. The lowest BCUT2D eigenvalue weighted by atomic mass is 9.79. The number of aromatic nitrogens is 10. The number of nitrogens with zero attached hydrogens (tertiary/aromatic N) is 13. The van der Waals surface area contributed by atoms with Crippen molar-refractivity contribution in [3.63, 3.8) is 0 Å². The third-order valence-electron chi connectivity index (χ3n) is 26.5. The smallest absolute Gasteiger partial charge is 0.498 e. The molecule has 4 N–H and O–H groups in total. The van der Waals surface area contributed by atoms with E-state index in [0.717, 1.165) is 203 Å². The third kappa shape index (κ3) is 34.2. The van der Waals surface area contributed by atoms with Crippen LogP contribution in [0.1, 0.15) is 266 Å². The zero-order chi connectivity index (χ0) is 101. The summed E-state index contributed by atoms with van der Waals surface area (Å²) in [5.41, 5.74) is 5.33. The van der Waals surface area contributed by atoms with Gasteiger partial charge >= 0.3 is 49.3 Å². The Balaban J connectivity index is 0.000000194. The monoisotopic (exact) mass is 2050 g/mol. The summed E-state index contributed by atoms with van der Waals surface area (Å²) in [4.78, 5) is 107. The molecule has 7 aliphatic carbocycles. The van der Waals surface area contributed by atoms with Crippen LogP contribution < -0.4 is 19.7 Å². The van der Waals surface area contributed by atoms with Crippen molar-refractivity contribution in [2.75, 3.05) is 28.3 Å². The summed E-state index contributed by atoms with van der Waals surface area (Å²) < 4.78 is 69.4. The fourth-order valence-electron chi connectivity index (χ4n) is 17.9. The first-order valence-electron chi connectivity index (χ1n) is 48.7. The van der Waals surface area contributed by atoms with E-state index in [1.54, 1.807) is 85.1 Å². The van der Waals surface area contributed by atoms with Gasteiger partial charge in [-0.3, -0.25) is 43.2 Å². The molecular weight excluding hydrogens is 1910 g/mol. The van der Waals surface area contributed by atoms with Crippen LogP contribution in [0.5, 0.6) is 23.0 Å². The molecular formula is C100H146BBr2N13O22. The van der Waals surface area contributed by atoms with Crippen LogP contribution in [0.3, 0.4) is 0 Å². The number of amides is 3. The number of aliphatic carboxylic acids is 1. The molecule has 1 aliphatic heterocycles. The Hall–Kier alpha value is -10.0. The second-order valence-corrected chi connectivity index (χ2v) is 40.0. The van der Waals surface area contributed by atoms with Crippen LogP contribution in [0, 0.1) is 23.7 Å². The summed E-state index contributed by atoms with van der Waals surface area (Å²) in [7, 11) is 11.4. The lowest BCUT2D eigenvalue weighted by Crippen LogP contribution is -2.41. The van der Waals surface area contributed by atoms with Crippen molar-refractivity contribution in [2.24, 2.45) is 44.8 Å². The van der Waals surface area contributed by atoms with Gasteiger partial charge in [0.15, 0.2) is 0 Å². The van der Waals surface area contributed by atoms with Gasteiger partial charge in [-0.15, -0.1) is 0 Å². The van der Waals surface area contributed by atoms with Crippen LogP contribution in [0.15, 0.2) is 101 Å². The van der Waals surface area contributed by atoms with Gasteiger partial charge in [0.2, 0.25) is 0 Å². The van der Waals surface area contributed by atoms with E-state index >= 15 is 0 Å². The Morgan fingerprint density at radius 2 is 0.754 bits per heavy atom. The SMILES string of the molecule is CC(C)OC(=O)[C@H]1CCC[C@@H](O)C1.CC(C)OC(=O)[C@H]1CCC[C@H](Oc2ccc(-c3cnn(C)c3COC(=O)N(C)C3CCCC3)nc2)C1.CC(C)OC(=O)[C@H]1CCC[C@H](Oc2ccc(Br)nc2)C1.CN(C(=O)OCc1c(-c2ccc(O[C@H]3CCC[C@H](C(=O)O)C3)cn2)cnn1C)C1CCCC1.CN(C(=O)OCc1c(B2OC(C)(C)C(C)(C)O2)cnn1C)C1CCCC1.CO.Oc1ccc(Br)nc1. The summed E-state index contributed by atoms with van der Waals surface area (Å²) in [6.45, 7) is 19.6. The summed E-state index contributed by atoms with van der Waals surface area (Å²) in [6.07, 6.45) is 36.3. The van der Waals surface area contributed by atoms with Crippen LogP contribution in [-0.2, 0) is 97.9 Å². The van der Waals surface area contributed by atoms with Crippen LogP contribution in [0.4, 0.5) is 14.4 Å². The number of aryl methyl sites for hydroxylation is 3. The molecule has 8 atom stereocenters. The molecule has 7 saturated carbocycles. The number of aromatic hydroxyl groups is 1. The van der Waals surface area contributed by atoms with Crippen molar-refractivity contribution in [1.82, 2.24) is 64.0 Å². The number of carboxylic acids is 1. The molecule has 8 fully saturated rings. The number of rotatable bonds is 25. The van der Waals surface area contributed by atoms with Crippen molar-refractivity contribution < 1.29 is 106 Å². The highest BCUT2D eigenvalue weighted by atomic mass is 79.9. The number of carbonyl (C=O) groups is 7. The van der Waals surface area contributed by atoms with Gasteiger partial charge in [-0.1, -0.05) is 44.9 Å². The lowest BCUT2D eigenvalue weighted by molar-refractivity contribution is -0.155. The van der Waals surface area contributed by atoms with Crippen molar-refractivity contribution in [1.29, 1.82) is 0 Å². The minimum Gasteiger partial charge on any atom is -0.506 e. The van der Waals surface area contributed by atoms with E-state index in [2.05, 4.69) is 67.1 Å². The van der Waals surface area contributed by atoms with E-state index in [4.69, 9.17) is 62.2 Å². The van der Waals surface area contributed by atoms with Gasteiger partial charge in [0.1, 0.15) is 52.0 Å². The average molecular weight is 2050 g/mol. The molecule has 15 rings (SSSR count). The molecule has 0 spiro atoms.